The van der Waals surface area contributed by atoms with E-state index in [9.17, 15) is 19.5 Å². The molecule has 0 radical (unpaired) electrons. The van der Waals surface area contributed by atoms with Crippen molar-refractivity contribution in [2.45, 2.75) is 70.8 Å². The number of aliphatic carboxylic acids is 1. The third-order valence-corrected chi connectivity index (χ3v) is 3.70. The number of amides is 2. The first kappa shape index (κ1) is 20.4. The van der Waals surface area contributed by atoms with Crippen molar-refractivity contribution in [3.63, 3.8) is 0 Å². The van der Waals surface area contributed by atoms with Crippen molar-refractivity contribution in [2.75, 3.05) is 6.54 Å². The Labute approximate surface area is 141 Å². The Bertz CT molecular complexity index is 472. The van der Waals surface area contributed by atoms with Gasteiger partial charge < -0.3 is 25.6 Å². The number of ether oxygens (including phenoxy) is 1. The van der Waals surface area contributed by atoms with E-state index in [-0.39, 0.29) is 12.5 Å². The van der Waals surface area contributed by atoms with Crippen LogP contribution in [0.3, 0.4) is 0 Å². The molecule has 4 N–H and O–H groups in total. The van der Waals surface area contributed by atoms with Gasteiger partial charge in [-0.25, -0.2) is 4.79 Å². The van der Waals surface area contributed by atoms with E-state index in [1.54, 1.807) is 13.8 Å². The number of hydrogen-bond donors (Lipinski definition) is 4. The molecule has 0 spiro atoms. The van der Waals surface area contributed by atoms with E-state index in [2.05, 4.69) is 10.6 Å². The molecule has 1 heterocycles. The number of nitrogens with one attached hydrogen (secondary N) is 2. The molecule has 8 nitrogen and oxygen atoms in total. The Morgan fingerprint density at radius 3 is 2.25 bits per heavy atom. The number of epoxide rings is 1. The standard InChI is InChI=1S/C16H28N2O6/c1-9(2)5-6-10(13(19)17-8-7-16(3,4)23)18-14(20)11-12(24-11)15(21)22/h9-12,23H,5-8H2,1-4H3,(H,17,19)(H,18,20)(H,21,22)/t10-,11-,12-/m0/s1. The van der Waals surface area contributed by atoms with Crippen molar-refractivity contribution in [1.29, 1.82) is 0 Å². The molecule has 8 heteroatoms. The van der Waals surface area contributed by atoms with Crippen molar-refractivity contribution < 1.29 is 29.3 Å². The summed E-state index contributed by atoms with van der Waals surface area (Å²) < 4.78 is 4.80. The minimum Gasteiger partial charge on any atom is -0.479 e. The third kappa shape index (κ3) is 7.27. The van der Waals surface area contributed by atoms with Gasteiger partial charge in [0, 0.05) is 6.54 Å². The van der Waals surface area contributed by atoms with Crippen LogP contribution in [0.15, 0.2) is 0 Å². The smallest absolute Gasteiger partial charge is 0.336 e. The summed E-state index contributed by atoms with van der Waals surface area (Å²) in [6.45, 7) is 7.60. The van der Waals surface area contributed by atoms with Crippen LogP contribution >= 0.6 is 0 Å². The average molecular weight is 344 g/mol. The highest BCUT2D eigenvalue weighted by molar-refractivity contribution is 5.95. The summed E-state index contributed by atoms with van der Waals surface area (Å²) in [5, 5.41) is 23.7. The zero-order valence-corrected chi connectivity index (χ0v) is 14.7. The molecule has 3 atom stereocenters. The molecule has 0 aromatic heterocycles. The molecule has 0 aromatic rings. The van der Waals surface area contributed by atoms with Crippen molar-refractivity contribution in [2.24, 2.45) is 5.92 Å². The average Bonchev–Trinajstić information content (AvgIpc) is 3.21. The van der Waals surface area contributed by atoms with Crippen LogP contribution in [0.4, 0.5) is 0 Å². The van der Waals surface area contributed by atoms with Gasteiger partial charge in [0.25, 0.3) is 5.91 Å². The van der Waals surface area contributed by atoms with Gasteiger partial charge in [0.1, 0.15) is 6.04 Å². The fourth-order valence-corrected chi connectivity index (χ4v) is 2.14. The van der Waals surface area contributed by atoms with Crippen LogP contribution in [0, 0.1) is 5.92 Å². The Balaban J connectivity index is 2.54. The number of aliphatic hydroxyl groups is 1. The Kier molecular flexibility index (Phi) is 7.16. The molecule has 24 heavy (non-hydrogen) atoms. The summed E-state index contributed by atoms with van der Waals surface area (Å²) in [6, 6.07) is -0.750. The van der Waals surface area contributed by atoms with Crippen LogP contribution in [-0.4, -0.2) is 58.4 Å². The first-order valence-electron chi connectivity index (χ1n) is 8.20. The topological polar surface area (TPSA) is 128 Å². The SMILES string of the molecule is CC(C)CC[C@H](NC(=O)[C@H]1O[C@@H]1C(=O)O)C(=O)NCCC(C)(C)O. The van der Waals surface area contributed by atoms with Crippen LogP contribution in [0.2, 0.25) is 0 Å². The number of hydrogen-bond acceptors (Lipinski definition) is 5. The van der Waals surface area contributed by atoms with Gasteiger partial charge in [0.2, 0.25) is 5.91 Å². The quantitative estimate of drug-likeness (QED) is 0.414. The van der Waals surface area contributed by atoms with Crippen LogP contribution < -0.4 is 10.6 Å². The van der Waals surface area contributed by atoms with E-state index < -0.39 is 35.7 Å². The fraction of sp³-hybridized carbons (Fsp3) is 0.812. The Morgan fingerprint density at radius 2 is 1.79 bits per heavy atom. The summed E-state index contributed by atoms with van der Waals surface area (Å²) >= 11 is 0. The van der Waals surface area contributed by atoms with Gasteiger partial charge in [-0.3, -0.25) is 9.59 Å². The van der Waals surface area contributed by atoms with E-state index in [0.717, 1.165) is 6.42 Å². The molecule has 2 amide bonds. The number of carbonyl (C=O) groups excluding carboxylic acids is 2. The molecule has 1 rings (SSSR count). The first-order valence-corrected chi connectivity index (χ1v) is 8.20. The molecule has 0 aliphatic carbocycles. The van der Waals surface area contributed by atoms with Crippen LogP contribution in [0.1, 0.15) is 47.0 Å². The van der Waals surface area contributed by atoms with Gasteiger partial charge in [0.05, 0.1) is 5.60 Å². The molecule has 1 saturated heterocycles. The minimum atomic E-state index is -1.19. The zero-order valence-electron chi connectivity index (χ0n) is 14.7. The molecule has 1 aliphatic heterocycles. The van der Waals surface area contributed by atoms with Gasteiger partial charge >= 0.3 is 5.97 Å². The molecule has 1 fully saturated rings. The third-order valence-electron chi connectivity index (χ3n) is 3.70. The highest BCUT2D eigenvalue weighted by atomic mass is 16.6. The highest BCUT2D eigenvalue weighted by Gasteiger charge is 2.51. The predicted molar refractivity (Wildman–Crippen MR) is 86.2 cm³/mol. The molecule has 0 bridgehead atoms. The molecule has 0 unspecified atom stereocenters. The maximum Gasteiger partial charge on any atom is 0.336 e. The largest absolute Gasteiger partial charge is 0.479 e. The van der Waals surface area contributed by atoms with Crippen molar-refractivity contribution in [3.05, 3.63) is 0 Å². The van der Waals surface area contributed by atoms with E-state index >= 15 is 0 Å². The summed E-state index contributed by atoms with van der Waals surface area (Å²) in [5.74, 6) is -1.77. The number of carbonyl (C=O) groups is 3. The summed E-state index contributed by atoms with van der Waals surface area (Å²) in [5.41, 5.74) is -0.888. The van der Waals surface area contributed by atoms with Crippen molar-refractivity contribution in [3.8, 4) is 0 Å². The molecular weight excluding hydrogens is 316 g/mol. The minimum absolute atomic E-state index is 0.286. The Hall–Kier alpha value is -1.67. The van der Waals surface area contributed by atoms with Crippen molar-refractivity contribution >= 4 is 17.8 Å². The number of carboxylic acids is 1. The maximum absolute atomic E-state index is 12.3. The van der Waals surface area contributed by atoms with Gasteiger partial charge in [-0.05, 0) is 39.0 Å². The van der Waals surface area contributed by atoms with Crippen LogP contribution in [0.25, 0.3) is 0 Å². The lowest BCUT2D eigenvalue weighted by Crippen LogP contribution is -2.49. The lowest BCUT2D eigenvalue weighted by molar-refractivity contribution is -0.138. The fourth-order valence-electron chi connectivity index (χ4n) is 2.14. The van der Waals surface area contributed by atoms with Gasteiger partial charge in [-0.2, -0.15) is 0 Å². The second kappa shape index (κ2) is 8.43. The van der Waals surface area contributed by atoms with E-state index in [4.69, 9.17) is 9.84 Å². The van der Waals surface area contributed by atoms with Crippen LogP contribution in [0.5, 0.6) is 0 Å². The molecule has 0 aromatic carbocycles. The number of carboxylic acid groups (broad SMARTS) is 1. The van der Waals surface area contributed by atoms with Gasteiger partial charge in [0.15, 0.2) is 12.2 Å². The normalized spacial score (nSPS) is 21.2. The molecule has 138 valence electrons. The van der Waals surface area contributed by atoms with E-state index in [0.29, 0.717) is 18.8 Å². The van der Waals surface area contributed by atoms with E-state index in [1.807, 2.05) is 13.8 Å². The molecule has 1 aliphatic rings. The van der Waals surface area contributed by atoms with E-state index in [1.165, 1.54) is 0 Å². The Morgan fingerprint density at radius 1 is 1.17 bits per heavy atom. The predicted octanol–water partition coefficient (Wildman–Crippen LogP) is 0.0366. The second-order valence-electron chi connectivity index (χ2n) is 7.20. The van der Waals surface area contributed by atoms with Gasteiger partial charge in [-0.15, -0.1) is 0 Å². The van der Waals surface area contributed by atoms with Crippen LogP contribution in [-0.2, 0) is 19.1 Å². The monoisotopic (exact) mass is 344 g/mol. The second-order valence-corrected chi connectivity index (χ2v) is 7.20. The lowest BCUT2D eigenvalue weighted by Gasteiger charge is -2.21. The summed E-state index contributed by atoms with van der Waals surface area (Å²) in [6.07, 6.45) is -0.599. The van der Waals surface area contributed by atoms with Crippen molar-refractivity contribution in [1.82, 2.24) is 10.6 Å². The molecular formula is C16H28N2O6. The number of rotatable bonds is 10. The summed E-state index contributed by atoms with van der Waals surface area (Å²) in [7, 11) is 0. The lowest BCUT2D eigenvalue weighted by atomic mass is 10.0. The summed E-state index contributed by atoms with van der Waals surface area (Å²) in [4.78, 5) is 35.0. The van der Waals surface area contributed by atoms with Gasteiger partial charge in [-0.1, -0.05) is 13.8 Å². The maximum atomic E-state index is 12.3. The highest BCUT2D eigenvalue weighted by Crippen LogP contribution is 2.22. The zero-order chi connectivity index (χ0) is 18.5. The molecule has 0 saturated carbocycles. The first-order chi connectivity index (χ1) is 11.0.